The van der Waals surface area contributed by atoms with Crippen molar-refractivity contribution in [2.45, 2.75) is 98.2 Å². The molecule has 3 saturated carbocycles. The van der Waals surface area contributed by atoms with Crippen LogP contribution in [0.5, 0.6) is 0 Å². The van der Waals surface area contributed by atoms with Crippen molar-refractivity contribution in [3.8, 4) is 0 Å². The lowest BCUT2D eigenvalue weighted by atomic mass is 9.34. The third-order valence-corrected chi connectivity index (χ3v) is 12.9. The van der Waals surface area contributed by atoms with E-state index < -0.39 is 17.1 Å². The zero-order valence-electron chi connectivity index (χ0n) is 25.0. The average molecular weight is 536 g/mol. The van der Waals surface area contributed by atoms with Crippen LogP contribution in [-0.4, -0.2) is 50.1 Å². The first-order valence-corrected chi connectivity index (χ1v) is 14.7. The van der Waals surface area contributed by atoms with Crippen molar-refractivity contribution in [3.63, 3.8) is 0 Å². The van der Waals surface area contributed by atoms with E-state index in [1.165, 1.54) is 24.7 Å². The summed E-state index contributed by atoms with van der Waals surface area (Å²) in [5, 5.41) is 0. The normalized spacial score (nSPS) is 48.4. The number of hydrogen-bond donors (Lipinski definition) is 0. The summed E-state index contributed by atoms with van der Waals surface area (Å²) in [6.45, 7) is 14.1. The van der Waals surface area contributed by atoms with E-state index in [1.807, 2.05) is 6.92 Å². The van der Waals surface area contributed by atoms with Gasteiger partial charge in [0.05, 0.1) is 18.2 Å². The fraction of sp³-hybridized carbons (Fsp3) is 0.727. The number of methoxy groups -OCH3 is 2. The molecule has 6 heteroatoms. The Kier molecular flexibility index (Phi) is 5.66. The van der Waals surface area contributed by atoms with Crippen LogP contribution >= 0.6 is 0 Å². The number of fused-ring (bicyclic) bond motifs is 8. The van der Waals surface area contributed by atoms with Crippen molar-refractivity contribution < 1.29 is 23.8 Å². The molecule has 3 fully saturated rings. The van der Waals surface area contributed by atoms with Gasteiger partial charge in [0, 0.05) is 12.5 Å². The maximum Gasteiger partial charge on any atom is 0.328 e. The Bertz CT molecular complexity index is 1280. The van der Waals surface area contributed by atoms with Gasteiger partial charge in [-0.05, 0) is 98.2 Å². The van der Waals surface area contributed by atoms with E-state index in [0.717, 1.165) is 49.8 Å². The summed E-state index contributed by atoms with van der Waals surface area (Å²) in [5.41, 5.74) is 3.57. The zero-order valence-corrected chi connectivity index (χ0v) is 25.0. The van der Waals surface area contributed by atoms with Gasteiger partial charge < -0.3 is 14.2 Å². The molecule has 6 nitrogen and oxygen atoms in total. The van der Waals surface area contributed by atoms with Gasteiger partial charge in [0.15, 0.2) is 6.10 Å². The van der Waals surface area contributed by atoms with Gasteiger partial charge in [-0.25, -0.2) is 0 Å². The fourth-order valence-electron chi connectivity index (χ4n) is 9.97. The van der Waals surface area contributed by atoms with Crippen LogP contribution in [0.1, 0.15) is 86.5 Å². The molecule has 0 aromatic heterocycles. The topological polar surface area (TPSA) is 74.2 Å². The molecule has 0 aromatic carbocycles. The zero-order chi connectivity index (χ0) is 28.2. The lowest BCUT2D eigenvalue weighted by molar-refractivity contribution is -0.180. The fourth-order valence-corrected chi connectivity index (χ4v) is 9.97. The number of carbonyl (C=O) groups is 2. The van der Waals surface area contributed by atoms with Crippen LogP contribution in [0, 0.1) is 33.0 Å². The van der Waals surface area contributed by atoms with Gasteiger partial charge in [0.1, 0.15) is 12.1 Å². The number of esters is 2. The smallest absolute Gasteiger partial charge is 0.328 e. The van der Waals surface area contributed by atoms with Gasteiger partial charge in [0.2, 0.25) is 0 Å². The Morgan fingerprint density at radius 2 is 1.67 bits per heavy atom. The molecule has 212 valence electrons. The van der Waals surface area contributed by atoms with Crippen molar-refractivity contribution in [2.75, 3.05) is 20.8 Å². The number of rotatable bonds is 2. The summed E-state index contributed by atoms with van der Waals surface area (Å²) in [4.78, 5) is 29.8. The molecule has 1 heterocycles. The summed E-state index contributed by atoms with van der Waals surface area (Å²) in [6, 6.07) is 0. The molecule has 8 atom stereocenters. The second-order valence-corrected chi connectivity index (χ2v) is 14.7. The van der Waals surface area contributed by atoms with Crippen molar-refractivity contribution in [3.05, 3.63) is 34.9 Å². The van der Waals surface area contributed by atoms with E-state index in [1.54, 1.807) is 7.11 Å². The molecule has 0 amide bonds. The predicted molar refractivity (Wildman–Crippen MR) is 150 cm³/mol. The maximum atomic E-state index is 13.0. The second-order valence-electron chi connectivity index (χ2n) is 14.7. The molecule has 39 heavy (non-hydrogen) atoms. The van der Waals surface area contributed by atoms with E-state index in [4.69, 9.17) is 14.2 Å². The molecule has 6 rings (SSSR count). The van der Waals surface area contributed by atoms with Gasteiger partial charge in [-0.2, -0.15) is 0 Å². The Labute approximate surface area is 233 Å². The molecular weight excluding hydrogens is 490 g/mol. The number of aliphatic imine (C=N–C) groups is 1. The highest BCUT2D eigenvalue weighted by Gasteiger charge is 2.68. The third kappa shape index (κ3) is 3.27. The van der Waals surface area contributed by atoms with Crippen molar-refractivity contribution in [2.24, 2.45) is 38.0 Å². The number of nitrogens with zero attached hydrogens (tertiary/aromatic N) is 1. The lowest BCUT2D eigenvalue weighted by Gasteiger charge is -2.70. The van der Waals surface area contributed by atoms with Crippen LogP contribution in [0.2, 0.25) is 0 Å². The highest BCUT2D eigenvalue weighted by Crippen LogP contribution is 2.75. The maximum absolute atomic E-state index is 13.0. The van der Waals surface area contributed by atoms with Crippen LogP contribution in [0.25, 0.3) is 0 Å². The van der Waals surface area contributed by atoms with E-state index in [0.29, 0.717) is 5.92 Å². The summed E-state index contributed by atoms with van der Waals surface area (Å²) in [7, 11) is 3.23. The summed E-state index contributed by atoms with van der Waals surface area (Å²) in [5.74, 6) is 0.0779. The van der Waals surface area contributed by atoms with Crippen LogP contribution in [0.15, 0.2) is 39.9 Å². The molecule has 5 aliphatic carbocycles. The van der Waals surface area contributed by atoms with Crippen molar-refractivity contribution in [1.82, 2.24) is 0 Å². The van der Waals surface area contributed by atoms with Gasteiger partial charge in [-0.3, -0.25) is 14.6 Å². The molecule has 0 N–H and O–H groups in total. The lowest BCUT2D eigenvalue weighted by Crippen LogP contribution is -2.63. The molecule has 6 aliphatic rings. The summed E-state index contributed by atoms with van der Waals surface area (Å²) < 4.78 is 17.3. The molecule has 0 radical (unpaired) electrons. The van der Waals surface area contributed by atoms with Crippen molar-refractivity contribution >= 4 is 17.7 Å². The highest BCUT2D eigenvalue weighted by molar-refractivity contribution is 6.06. The van der Waals surface area contributed by atoms with E-state index in [2.05, 4.69) is 57.8 Å². The van der Waals surface area contributed by atoms with Crippen LogP contribution in [0.4, 0.5) is 0 Å². The predicted octanol–water partition coefficient (Wildman–Crippen LogP) is 6.16. The number of ether oxygens (including phenoxy) is 3. The largest absolute Gasteiger partial charge is 0.469 e. The second kappa shape index (κ2) is 8.18. The van der Waals surface area contributed by atoms with Crippen LogP contribution in [-0.2, 0) is 23.8 Å². The first-order chi connectivity index (χ1) is 18.2. The van der Waals surface area contributed by atoms with E-state index >= 15 is 0 Å². The minimum atomic E-state index is -0.789. The van der Waals surface area contributed by atoms with Gasteiger partial charge in [0.25, 0.3) is 0 Å². The third-order valence-electron chi connectivity index (χ3n) is 12.9. The van der Waals surface area contributed by atoms with Crippen molar-refractivity contribution in [1.29, 1.82) is 0 Å². The van der Waals surface area contributed by atoms with Crippen LogP contribution in [0.3, 0.4) is 0 Å². The molecule has 1 unspecified atom stereocenters. The summed E-state index contributed by atoms with van der Waals surface area (Å²) >= 11 is 0. The molecule has 1 aliphatic heterocycles. The molecule has 0 bridgehead atoms. The van der Waals surface area contributed by atoms with E-state index in [9.17, 15) is 9.59 Å². The molecular formula is C33H45NO5. The molecule has 0 spiro atoms. The Balaban J connectivity index is 1.47. The molecule has 0 saturated heterocycles. The van der Waals surface area contributed by atoms with Gasteiger partial charge >= 0.3 is 11.9 Å². The highest BCUT2D eigenvalue weighted by atomic mass is 16.6. The SMILES string of the molecule is COC(=O)[C@]1(C)CC[C@]2(C)CC[C@]3(C)C4=CC=C5C(=CC6=NCC(=O)OC6[C@@]5(C)OC)[C@]4(C)CC[C@@]3(C)[C@@H]2C1. The quantitative estimate of drug-likeness (QED) is 0.396. The number of allylic oxidation sites excluding steroid dienone is 3. The monoisotopic (exact) mass is 535 g/mol. The van der Waals surface area contributed by atoms with E-state index in [-0.39, 0.29) is 40.1 Å². The number of carbonyl (C=O) groups excluding carboxylic acids is 2. The Morgan fingerprint density at radius 3 is 2.36 bits per heavy atom. The Hall–Kier alpha value is -2.21. The van der Waals surface area contributed by atoms with Gasteiger partial charge in [-0.15, -0.1) is 0 Å². The first kappa shape index (κ1) is 27.0. The minimum absolute atomic E-state index is 0.0113. The van der Waals surface area contributed by atoms with Gasteiger partial charge in [-0.1, -0.05) is 45.4 Å². The average Bonchev–Trinajstić information content (AvgIpc) is 2.91. The summed E-state index contributed by atoms with van der Waals surface area (Å²) in [6.07, 6.45) is 13.6. The first-order valence-electron chi connectivity index (χ1n) is 14.7. The van der Waals surface area contributed by atoms with Crippen LogP contribution < -0.4 is 0 Å². The minimum Gasteiger partial charge on any atom is -0.469 e. The Morgan fingerprint density at radius 1 is 0.949 bits per heavy atom. The molecule has 0 aromatic rings. The number of hydrogen-bond acceptors (Lipinski definition) is 6. The standard InChI is InChI=1S/C33H45NO5/c1-28-11-12-29(2,27(36)37-7)18-24(28)32(5)16-14-30(3)21-17-22-26(39-25(35)19-34-22)33(6,38-8)20(21)9-10-23(30)31(32,4)15-13-28/h9-10,17,24,26H,11-16,18-19H2,1-8H3/t24-,26?,28-,29-,30+,31-,32+,33+/m1/s1.